The van der Waals surface area contributed by atoms with E-state index in [4.69, 9.17) is 4.99 Å². The number of benzene rings is 1. The van der Waals surface area contributed by atoms with E-state index in [0.29, 0.717) is 0 Å². The number of hydrogen-bond acceptors (Lipinski definition) is 2. The molecule has 0 aromatic heterocycles. The van der Waals surface area contributed by atoms with Crippen molar-refractivity contribution in [1.29, 1.82) is 0 Å². The summed E-state index contributed by atoms with van der Waals surface area (Å²) >= 11 is 0. The van der Waals surface area contributed by atoms with Gasteiger partial charge in [0.15, 0.2) is 0 Å². The minimum atomic E-state index is 0.217. The molecular formula is C29H49N2O+. The van der Waals surface area contributed by atoms with Crippen LogP contribution in [-0.2, 0) is 6.54 Å². The summed E-state index contributed by atoms with van der Waals surface area (Å²) in [6, 6.07) is 10.7. The molecule has 0 bridgehead atoms. The molecule has 1 heterocycles. The second-order valence-corrected chi connectivity index (χ2v) is 9.61. The van der Waals surface area contributed by atoms with Crippen LogP contribution in [0.2, 0.25) is 0 Å². The lowest BCUT2D eigenvalue weighted by atomic mass is 10.0. The van der Waals surface area contributed by atoms with Crippen molar-refractivity contribution in [2.24, 2.45) is 4.99 Å². The van der Waals surface area contributed by atoms with Gasteiger partial charge < -0.3 is 5.11 Å². The average Bonchev–Trinajstić information content (AvgIpc) is 3.19. The van der Waals surface area contributed by atoms with Crippen LogP contribution in [-0.4, -0.2) is 41.7 Å². The van der Waals surface area contributed by atoms with Crippen molar-refractivity contribution in [2.45, 2.75) is 103 Å². The Morgan fingerprint density at radius 1 is 0.844 bits per heavy atom. The molecule has 32 heavy (non-hydrogen) atoms. The molecule has 1 aromatic carbocycles. The average molecular weight is 442 g/mol. The Morgan fingerprint density at radius 2 is 1.47 bits per heavy atom. The third-order valence-electron chi connectivity index (χ3n) is 6.92. The molecule has 0 spiro atoms. The summed E-state index contributed by atoms with van der Waals surface area (Å²) in [6.07, 6.45) is 23.6. The number of aliphatic imine (C=N–C) groups is 1. The van der Waals surface area contributed by atoms with E-state index < -0.39 is 0 Å². The highest BCUT2D eigenvalue weighted by molar-refractivity contribution is 5.78. The fraction of sp³-hybridized carbons (Fsp3) is 0.690. The molecule has 0 saturated heterocycles. The number of amidine groups is 1. The Labute approximate surface area is 198 Å². The number of unbranched alkanes of at least 4 members (excludes halogenated alkanes) is 12. The standard InChI is InChI=1S/C29H49N2O/c1-2-3-4-5-6-7-8-9-10-11-12-13-14-15-19-22-29-30-23-24-31(29,25-26-32)27-28-20-17-16-18-21-28/h15-21,32H,2-14,22-27H2,1H3/q+1. The molecule has 0 fully saturated rings. The third-order valence-corrected chi connectivity index (χ3v) is 6.92. The van der Waals surface area contributed by atoms with Gasteiger partial charge in [0, 0.05) is 5.56 Å². The molecule has 1 N–H and O–H groups in total. The normalized spacial score (nSPS) is 18.5. The van der Waals surface area contributed by atoms with Crippen LogP contribution in [0.4, 0.5) is 0 Å². The zero-order valence-corrected chi connectivity index (χ0v) is 20.8. The van der Waals surface area contributed by atoms with E-state index in [9.17, 15) is 5.11 Å². The number of nitrogens with zero attached hydrogens (tertiary/aromatic N) is 2. The first-order valence-electron chi connectivity index (χ1n) is 13.5. The van der Waals surface area contributed by atoms with Crippen molar-refractivity contribution in [1.82, 2.24) is 0 Å². The molecule has 2 rings (SSSR count). The number of allylic oxidation sites excluding steroid dienone is 1. The van der Waals surface area contributed by atoms with Gasteiger partial charge in [-0.2, -0.15) is 0 Å². The summed E-state index contributed by atoms with van der Waals surface area (Å²) in [4.78, 5) is 4.83. The molecule has 0 radical (unpaired) electrons. The van der Waals surface area contributed by atoms with Crippen LogP contribution in [0, 0.1) is 0 Å². The Bertz CT molecular complexity index is 640. The number of aliphatic hydroxyl groups excluding tert-OH is 1. The highest BCUT2D eigenvalue weighted by Crippen LogP contribution is 2.22. The van der Waals surface area contributed by atoms with Crippen molar-refractivity contribution in [2.75, 3.05) is 26.2 Å². The fourth-order valence-electron chi connectivity index (χ4n) is 4.93. The molecular weight excluding hydrogens is 392 g/mol. The summed E-state index contributed by atoms with van der Waals surface area (Å²) in [7, 11) is 0. The first kappa shape index (κ1) is 26.8. The third kappa shape index (κ3) is 10.4. The Morgan fingerprint density at radius 3 is 2.09 bits per heavy atom. The van der Waals surface area contributed by atoms with Gasteiger partial charge in [0.2, 0.25) is 5.84 Å². The maximum Gasteiger partial charge on any atom is 0.202 e. The van der Waals surface area contributed by atoms with Gasteiger partial charge in [0.1, 0.15) is 19.6 Å². The summed E-state index contributed by atoms with van der Waals surface area (Å²) < 4.78 is 0.823. The largest absolute Gasteiger partial charge is 0.390 e. The van der Waals surface area contributed by atoms with E-state index in [1.807, 2.05) is 0 Å². The first-order chi connectivity index (χ1) is 15.8. The molecule has 0 aliphatic carbocycles. The van der Waals surface area contributed by atoms with Crippen molar-refractivity contribution in [3.63, 3.8) is 0 Å². The lowest BCUT2D eigenvalue weighted by Crippen LogP contribution is -2.51. The predicted octanol–water partition coefficient (Wildman–Crippen LogP) is 7.45. The highest BCUT2D eigenvalue weighted by Gasteiger charge is 2.37. The van der Waals surface area contributed by atoms with Crippen LogP contribution in [0.1, 0.15) is 102 Å². The maximum atomic E-state index is 9.70. The molecule has 3 heteroatoms. The molecule has 1 aliphatic heterocycles. The zero-order valence-electron chi connectivity index (χ0n) is 20.8. The first-order valence-corrected chi connectivity index (χ1v) is 13.5. The van der Waals surface area contributed by atoms with Crippen LogP contribution in [0.3, 0.4) is 0 Å². The van der Waals surface area contributed by atoms with E-state index >= 15 is 0 Å². The number of aliphatic hydroxyl groups is 1. The quantitative estimate of drug-likeness (QED) is 0.135. The van der Waals surface area contributed by atoms with E-state index in [-0.39, 0.29) is 6.61 Å². The van der Waals surface area contributed by atoms with Crippen molar-refractivity contribution < 1.29 is 9.59 Å². The van der Waals surface area contributed by atoms with Gasteiger partial charge in [-0.15, -0.1) is 0 Å². The van der Waals surface area contributed by atoms with Gasteiger partial charge in [-0.25, -0.2) is 4.99 Å². The van der Waals surface area contributed by atoms with Gasteiger partial charge in [-0.3, -0.25) is 4.48 Å². The summed E-state index contributed by atoms with van der Waals surface area (Å²) in [5, 5.41) is 9.70. The second-order valence-electron chi connectivity index (χ2n) is 9.61. The van der Waals surface area contributed by atoms with Crippen LogP contribution in [0.25, 0.3) is 0 Å². The smallest absolute Gasteiger partial charge is 0.202 e. The van der Waals surface area contributed by atoms with Gasteiger partial charge >= 0.3 is 0 Å². The fourth-order valence-corrected chi connectivity index (χ4v) is 4.93. The van der Waals surface area contributed by atoms with Crippen molar-refractivity contribution in [3.8, 4) is 0 Å². The minimum Gasteiger partial charge on any atom is -0.390 e. The zero-order chi connectivity index (χ0) is 22.7. The van der Waals surface area contributed by atoms with Crippen LogP contribution in [0.15, 0.2) is 47.5 Å². The molecule has 3 nitrogen and oxygen atoms in total. The SMILES string of the molecule is CCCCCCCCCCCCCCC=CCC1=NCC[N+]1(CCO)Cc1ccccc1. The van der Waals surface area contributed by atoms with Crippen LogP contribution >= 0.6 is 0 Å². The summed E-state index contributed by atoms with van der Waals surface area (Å²) in [5.41, 5.74) is 1.33. The molecule has 0 amide bonds. The Hall–Kier alpha value is -1.45. The Balaban J connectivity index is 1.56. The molecule has 1 unspecified atom stereocenters. The van der Waals surface area contributed by atoms with Gasteiger partial charge in [0.05, 0.1) is 19.6 Å². The maximum absolute atomic E-state index is 9.70. The summed E-state index contributed by atoms with van der Waals surface area (Å²) in [5.74, 6) is 1.24. The molecule has 0 saturated carbocycles. The number of quaternary nitrogens is 1. The number of rotatable bonds is 19. The summed E-state index contributed by atoms with van der Waals surface area (Å²) in [6.45, 7) is 6.10. The second kappa shape index (κ2) is 17.1. The lowest BCUT2D eigenvalue weighted by Gasteiger charge is -2.34. The van der Waals surface area contributed by atoms with E-state index in [2.05, 4.69) is 49.4 Å². The van der Waals surface area contributed by atoms with Crippen molar-refractivity contribution in [3.05, 3.63) is 48.0 Å². The van der Waals surface area contributed by atoms with Gasteiger partial charge in [-0.05, 0) is 12.8 Å². The van der Waals surface area contributed by atoms with Crippen LogP contribution in [0.5, 0.6) is 0 Å². The van der Waals surface area contributed by atoms with E-state index in [1.165, 1.54) is 94.9 Å². The van der Waals surface area contributed by atoms with E-state index in [0.717, 1.165) is 37.1 Å². The minimum absolute atomic E-state index is 0.217. The monoisotopic (exact) mass is 441 g/mol. The predicted molar refractivity (Wildman–Crippen MR) is 139 cm³/mol. The van der Waals surface area contributed by atoms with Crippen molar-refractivity contribution >= 4 is 5.84 Å². The molecule has 1 aromatic rings. The molecule has 180 valence electrons. The van der Waals surface area contributed by atoms with Gasteiger partial charge in [0.25, 0.3) is 0 Å². The highest BCUT2D eigenvalue weighted by atomic mass is 16.3. The van der Waals surface area contributed by atoms with E-state index in [1.54, 1.807) is 0 Å². The topological polar surface area (TPSA) is 32.6 Å². The van der Waals surface area contributed by atoms with Crippen LogP contribution < -0.4 is 0 Å². The number of hydrogen-bond donors (Lipinski definition) is 1. The molecule has 1 atom stereocenters. The lowest BCUT2D eigenvalue weighted by molar-refractivity contribution is -0.850. The molecule has 1 aliphatic rings. The van der Waals surface area contributed by atoms with Gasteiger partial charge in [-0.1, -0.05) is 120 Å². The Kier molecular flexibility index (Phi) is 14.3.